The fraction of sp³-hybridized carbons (Fsp3) is 0.500. The molecule has 0 aliphatic carbocycles. The first-order valence-corrected chi connectivity index (χ1v) is 6.10. The molecule has 0 radical (unpaired) electrons. The molecule has 0 aliphatic rings. The lowest BCUT2D eigenvalue weighted by Gasteiger charge is -2.11. The summed E-state index contributed by atoms with van der Waals surface area (Å²) in [6, 6.07) is 6.02. The molecule has 1 aromatic carbocycles. The van der Waals surface area contributed by atoms with Gasteiger partial charge in [0.15, 0.2) is 0 Å². The average molecular weight is 287 g/mol. The third-order valence-electron chi connectivity index (χ3n) is 2.30. The van der Waals surface area contributed by atoms with Crippen LogP contribution in [0.1, 0.15) is 5.56 Å². The summed E-state index contributed by atoms with van der Waals surface area (Å²) in [5.74, 6) is 0.896. The summed E-state index contributed by atoms with van der Waals surface area (Å²) in [6.07, 6.45) is 0. The Morgan fingerprint density at radius 3 is 2.75 bits per heavy atom. The number of halogens is 1. The van der Waals surface area contributed by atoms with Crippen LogP contribution >= 0.6 is 15.9 Å². The zero-order valence-electron chi connectivity index (χ0n) is 10.1. The Hall–Kier alpha value is -0.580. The van der Waals surface area contributed by atoms with Crippen molar-refractivity contribution in [3.05, 3.63) is 28.2 Å². The van der Waals surface area contributed by atoms with Gasteiger partial charge < -0.3 is 15.0 Å². The molecular weight excluding hydrogens is 268 g/mol. The van der Waals surface area contributed by atoms with E-state index in [1.165, 1.54) is 5.56 Å². The van der Waals surface area contributed by atoms with Gasteiger partial charge in [-0.15, -0.1) is 0 Å². The van der Waals surface area contributed by atoms with E-state index < -0.39 is 0 Å². The van der Waals surface area contributed by atoms with E-state index in [9.17, 15) is 0 Å². The molecule has 3 nitrogen and oxygen atoms in total. The van der Waals surface area contributed by atoms with Crippen molar-refractivity contribution in [2.75, 3.05) is 34.3 Å². The molecule has 0 amide bonds. The van der Waals surface area contributed by atoms with Gasteiger partial charge in [0.2, 0.25) is 0 Å². The van der Waals surface area contributed by atoms with E-state index in [-0.39, 0.29) is 0 Å². The topological polar surface area (TPSA) is 24.5 Å². The summed E-state index contributed by atoms with van der Waals surface area (Å²) in [4.78, 5) is 2.16. The smallest absolute Gasteiger partial charge is 0.119 e. The lowest BCUT2D eigenvalue weighted by molar-refractivity contribution is 0.399. The molecular formula is C12H19BrN2O. The van der Waals surface area contributed by atoms with Crippen molar-refractivity contribution in [2.24, 2.45) is 0 Å². The lowest BCUT2D eigenvalue weighted by atomic mass is 10.2. The second-order valence-corrected chi connectivity index (χ2v) is 4.79. The summed E-state index contributed by atoms with van der Waals surface area (Å²) in [5.41, 5.74) is 1.22. The molecule has 0 atom stereocenters. The standard InChI is InChI=1S/C12H19BrN2O/c1-15(2)7-6-14-9-10-8-11(16-3)4-5-12(10)13/h4-5,8,14H,6-7,9H2,1-3H3. The van der Waals surface area contributed by atoms with Crippen LogP contribution < -0.4 is 10.1 Å². The van der Waals surface area contributed by atoms with Crippen LogP contribution in [0.15, 0.2) is 22.7 Å². The van der Waals surface area contributed by atoms with Crippen molar-refractivity contribution in [1.29, 1.82) is 0 Å². The normalized spacial score (nSPS) is 10.8. The number of likely N-dealkylation sites (N-methyl/N-ethyl adjacent to an activating group) is 1. The number of methoxy groups -OCH3 is 1. The monoisotopic (exact) mass is 286 g/mol. The zero-order valence-corrected chi connectivity index (χ0v) is 11.7. The molecule has 0 bridgehead atoms. The van der Waals surface area contributed by atoms with Crippen molar-refractivity contribution < 1.29 is 4.74 Å². The van der Waals surface area contributed by atoms with Gasteiger partial charge in [0.05, 0.1) is 7.11 Å². The van der Waals surface area contributed by atoms with Gasteiger partial charge in [-0.2, -0.15) is 0 Å². The van der Waals surface area contributed by atoms with E-state index in [1.54, 1.807) is 7.11 Å². The first kappa shape index (κ1) is 13.5. The SMILES string of the molecule is COc1ccc(Br)c(CNCCN(C)C)c1. The predicted octanol–water partition coefficient (Wildman–Crippen LogP) is 2.11. The molecule has 0 aliphatic heterocycles. The fourth-order valence-electron chi connectivity index (χ4n) is 1.34. The molecule has 1 rings (SSSR count). The number of nitrogens with one attached hydrogen (secondary N) is 1. The minimum absolute atomic E-state index is 0.853. The van der Waals surface area contributed by atoms with E-state index in [1.807, 2.05) is 18.2 Å². The number of hydrogen-bond donors (Lipinski definition) is 1. The fourth-order valence-corrected chi connectivity index (χ4v) is 1.73. The second-order valence-electron chi connectivity index (χ2n) is 3.94. The summed E-state index contributed by atoms with van der Waals surface area (Å²) < 4.78 is 6.31. The molecule has 0 saturated heterocycles. The van der Waals surface area contributed by atoms with E-state index in [2.05, 4.69) is 40.2 Å². The van der Waals surface area contributed by atoms with Crippen LogP contribution in [-0.4, -0.2) is 39.2 Å². The van der Waals surface area contributed by atoms with Gasteiger partial charge in [-0.3, -0.25) is 0 Å². The quantitative estimate of drug-likeness (QED) is 0.811. The Bertz CT molecular complexity index is 329. The highest BCUT2D eigenvalue weighted by Gasteiger charge is 2.01. The van der Waals surface area contributed by atoms with Gasteiger partial charge in [-0.25, -0.2) is 0 Å². The van der Waals surface area contributed by atoms with E-state index in [4.69, 9.17) is 4.74 Å². The van der Waals surface area contributed by atoms with Crippen LogP contribution in [0.25, 0.3) is 0 Å². The average Bonchev–Trinajstić information content (AvgIpc) is 2.26. The van der Waals surface area contributed by atoms with E-state index >= 15 is 0 Å². The molecule has 16 heavy (non-hydrogen) atoms. The maximum absolute atomic E-state index is 5.20. The number of hydrogen-bond acceptors (Lipinski definition) is 3. The Labute approximate surface area is 106 Å². The second kappa shape index (κ2) is 6.89. The highest BCUT2D eigenvalue weighted by molar-refractivity contribution is 9.10. The van der Waals surface area contributed by atoms with E-state index in [0.29, 0.717) is 0 Å². The van der Waals surface area contributed by atoms with Crippen LogP contribution in [0.4, 0.5) is 0 Å². The third kappa shape index (κ3) is 4.51. The lowest BCUT2D eigenvalue weighted by Crippen LogP contribution is -2.26. The molecule has 0 saturated carbocycles. The summed E-state index contributed by atoms with van der Waals surface area (Å²) >= 11 is 3.53. The van der Waals surface area contributed by atoms with Crippen molar-refractivity contribution in [3.63, 3.8) is 0 Å². The van der Waals surface area contributed by atoms with Crippen molar-refractivity contribution in [2.45, 2.75) is 6.54 Å². The maximum Gasteiger partial charge on any atom is 0.119 e. The van der Waals surface area contributed by atoms with Gasteiger partial charge in [-0.05, 0) is 37.9 Å². The number of rotatable bonds is 6. The largest absolute Gasteiger partial charge is 0.497 e. The minimum atomic E-state index is 0.853. The van der Waals surface area contributed by atoms with Gasteiger partial charge in [0.25, 0.3) is 0 Å². The highest BCUT2D eigenvalue weighted by Crippen LogP contribution is 2.22. The molecule has 1 aromatic rings. The Morgan fingerprint density at radius 1 is 1.38 bits per heavy atom. The maximum atomic E-state index is 5.20. The molecule has 0 unspecified atom stereocenters. The highest BCUT2D eigenvalue weighted by atomic mass is 79.9. The Kier molecular flexibility index (Phi) is 5.80. The number of ether oxygens (including phenoxy) is 1. The van der Waals surface area contributed by atoms with Crippen LogP contribution in [0.3, 0.4) is 0 Å². The molecule has 0 spiro atoms. The molecule has 0 aromatic heterocycles. The van der Waals surface area contributed by atoms with Crippen molar-refractivity contribution in [1.82, 2.24) is 10.2 Å². The van der Waals surface area contributed by atoms with Crippen LogP contribution in [-0.2, 0) is 6.54 Å². The summed E-state index contributed by atoms with van der Waals surface area (Å²) in [6.45, 7) is 2.88. The molecule has 90 valence electrons. The first-order chi connectivity index (χ1) is 7.63. The molecule has 1 N–H and O–H groups in total. The minimum Gasteiger partial charge on any atom is -0.497 e. The Balaban J connectivity index is 2.46. The Morgan fingerprint density at radius 2 is 2.12 bits per heavy atom. The van der Waals surface area contributed by atoms with Crippen LogP contribution in [0.2, 0.25) is 0 Å². The third-order valence-corrected chi connectivity index (χ3v) is 3.08. The summed E-state index contributed by atoms with van der Waals surface area (Å²) in [7, 11) is 5.83. The van der Waals surface area contributed by atoms with Crippen LogP contribution in [0.5, 0.6) is 5.75 Å². The zero-order chi connectivity index (χ0) is 12.0. The van der Waals surface area contributed by atoms with E-state index in [0.717, 1.165) is 29.9 Å². The van der Waals surface area contributed by atoms with Gasteiger partial charge in [-0.1, -0.05) is 15.9 Å². The van der Waals surface area contributed by atoms with Gasteiger partial charge in [0.1, 0.15) is 5.75 Å². The molecule has 4 heteroatoms. The summed E-state index contributed by atoms with van der Waals surface area (Å²) in [5, 5.41) is 3.40. The molecule has 0 fully saturated rings. The predicted molar refractivity (Wildman–Crippen MR) is 71.0 cm³/mol. The molecule has 0 heterocycles. The number of benzene rings is 1. The van der Waals surface area contributed by atoms with Crippen molar-refractivity contribution in [3.8, 4) is 5.75 Å². The van der Waals surface area contributed by atoms with Gasteiger partial charge in [0, 0.05) is 24.1 Å². The van der Waals surface area contributed by atoms with Gasteiger partial charge >= 0.3 is 0 Å². The van der Waals surface area contributed by atoms with Crippen molar-refractivity contribution >= 4 is 15.9 Å². The first-order valence-electron chi connectivity index (χ1n) is 5.31. The van der Waals surface area contributed by atoms with Crippen LogP contribution in [0, 0.1) is 0 Å². The number of nitrogens with zero attached hydrogens (tertiary/aromatic N) is 1.